The normalized spacial score (nSPS) is 14.4. The molecule has 1 atom stereocenters. The molecule has 3 amide bonds. The van der Waals surface area contributed by atoms with Crippen molar-refractivity contribution in [1.82, 2.24) is 10.6 Å². The number of esters is 1. The maximum atomic E-state index is 12.8. The first-order valence-electron chi connectivity index (χ1n) is 9.43. The molecule has 2 aromatic rings. The van der Waals surface area contributed by atoms with Crippen molar-refractivity contribution in [3.63, 3.8) is 0 Å². The average molecular weight is 448 g/mol. The van der Waals surface area contributed by atoms with Gasteiger partial charge in [0.15, 0.2) is 24.2 Å². The summed E-state index contributed by atoms with van der Waals surface area (Å²) in [5, 5.41) is 4.59. The van der Waals surface area contributed by atoms with Gasteiger partial charge in [0.2, 0.25) is 0 Å². The van der Waals surface area contributed by atoms with Gasteiger partial charge >= 0.3 is 12.0 Å². The molecule has 1 aliphatic heterocycles. The fourth-order valence-electron chi connectivity index (χ4n) is 2.60. The van der Waals surface area contributed by atoms with Crippen LogP contribution in [0.4, 0.5) is 9.18 Å². The molecule has 3 rings (SSSR count). The van der Waals surface area contributed by atoms with E-state index >= 15 is 0 Å². The third kappa shape index (κ3) is 7.49. The highest BCUT2D eigenvalue weighted by molar-refractivity contribution is 7.99. The first-order chi connectivity index (χ1) is 15.0. The number of carbonyl (C=O) groups is 3. The van der Waals surface area contributed by atoms with Gasteiger partial charge in [-0.1, -0.05) is 24.3 Å². The first kappa shape index (κ1) is 22.4. The molecule has 1 heterocycles. The van der Waals surface area contributed by atoms with Gasteiger partial charge < -0.3 is 19.5 Å². The lowest BCUT2D eigenvalue weighted by atomic mass is 10.2. The van der Waals surface area contributed by atoms with E-state index in [1.165, 1.54) is 23.9 Å². The highest BCUT2D eigenvalue weighted by atomic mass is 32.2. The minimum atomic E-state index is -0.749. The Hall–Kier alpha value is -3.27. The van der Waals surface area contributed by atoms with Gasteiger partial charge in [-0.25, -0.2) is 9.18 Å². The standard InChI is InChI=1S/C21H21FN2O6S/c22-15-7-5-14(6-8-15)12-31-13-20(26)29-11-19(25)24-21(27)23-9-16-10-28-17-3-1-2-4-18(17)30-16/h1-8,16H,9-13H2,(H2,23,24,25,27). The summed E-state index contributed by atoms with van der Waals surface area (Å²) < 4.78 is 28.9. The Morgan fingerprint density at radius 2 is 1.84 bits per heavy atom. The lowest BCUT2D eigenvalue weighted by molar-refractivity contribution is -0.145. The van der Waals surface area contributed by atoms with E-state index in [1.807, 2.05) is 12.1 Å². The molecule has 0 fully saturated rings. The number of hydrogen-bond donors (Lipinski definition) is 2. The maximum absolute atomic E-state index is 12.8. The zero-order chi connectivity index (χ0) is 22.1. The fourth-order valence-corrected chi connectivity index (χ4v) is 3.38. The van der Waals surface area contributed by atoms with Crippen LogP contribution < -0.4 is 20.1 Å². The zero-order valence-electron chi connectivity index (χ0n) is 16.5. The highest BCUT2D eigenvalue weighted by Gasteiger charge is 2.21. The molecule has 10 heteroatoms. The summed E-state index contributed by atoms with van der Waals surface area (Å²) in [5.74, 6) is 0.0821. The van der Waals surface area contributed by atoms with Gasteiger partial charge in [0.05, 0.1) is 12.3 Å². The molecule has 0 saturated carbocycles. The van der Waals surface area contributed by atoms with Gasteiger partial charge in [0, 0.05) is 5.75 Å². The van der Waals surface area contributed by atoms with Crippen molar-refractivity contribution in [3.8, 4) is 11.5 Å². The Bertz CT molecular complexity index is 924. The number of amides is 3. The quantitative estimate of drug-likeness (QED) is 0.597. The van der Waals surface area contributed by atoms with E-state index in [0.29, 0.717) is 17.3 Å². The molecule has 31 heavy (non-hydrogen) atoms. The molecule has 1 aliphatic rings. The number of ether oxygens (including phenoxy) is 3. The Morgan fingerprint density at radius 1 is 1.10 bits per heavy atom. The molecule has 164 valence electrons. The molecule has 2 aromatic carbocycles. The Kier molecular flexibility index (Phi) is 8.11. The molecule has 0 aromatic heterocycles. The number of hydrogen-bond acceptors (Lipinski definition) is 7. The van der Waals surface area contributed by atoms with E-state index in [1.54, 1.807) is 24.3 Å². The topological polar surface area (TPSA) is 103 Å². The third-order valence-electron chi connectivity index (χ3n) is 4.08. The number of rotatable bonds is 8. The number of para-hydroxylation sites is 2. The second-order valence-corrected chi connectivity index (χ2v) is 7.52. The highest BCUT2D eigenvalue weighted by Crippen LogP contribution is 2.30. The second-order valence-electron chi connectivity index (χ2n) is 6.54. The largest absolute Gasteiger partial charge is 0.486 e. The number of halogens is 1. The zero-order valence-corrected chi connectivity index (χ0v) is 17.3. The smallest absolute Gasteiger partial charge is 0.321 e. The summed E-state index contributed by atoms with van der Waals surface area (Å²) >= 11 is 1.27. The minimum absolute atomic E-state index is 0.0251. The predicted octanol–water partition coefficient (Wildman–Crippen LogP) is 2.27. The van der Waals surface area contributed by atoms with E-state index in [-0.39, 0.29) is 24.7 Å². The van der Waals surface area contributed by atoms with Crippen molar-refractivity contribution < 1.29 is 33.0 Å². The average Bonchev–Trinajstić information content (AvgIpc) is 2.77. The van der Waals surface area contributed by atoms with Crippen molar-refractivity contribution >= 4 is 29.7 Å². The summed E-state index contributed by atoms with van der Waals surface area (Å²) in [6, 6.07) is 12.4. The van der Waals surface area contributed by atoms with Gasteiger partial charge in [-0.15, -0.1) is 11.8 Å². The molecule has 0 saturated heterocycles. The summed E-state index contributed by atoms with van der Waals surface area (Å²) in [5.41, 5.74) is 0.865. The number of imide groups is 1. The van der Waals surface area contributed by atoms with Crippen LogP contribution in [0.25, 0.3) is 0 Å². The SMILES string of the molecule is O=C(COC(=O)CSCc1ccc(F)cc1)NC(=O)NCC1COc2ccccc2O1. The van der Waals surface area contributed by atoms with Crippen molar-refractivity contribution in [2.45, 2.75) is 11.9 Å². The molecular formula is C21H21FN2O6S. The monoisotopic (exact) mass is 448 g/mol. The van der Waals surface area contributed by atoms with Crippen LogP contribution in [0.2, 0.25) is 0 Å². The Labute approximate surface area is 182 Å². The van der Waals surface area contributed by atoms with Crippen LogP contribution in [-0.2, 0) is 20.1 Å². The van der Waals surface area contributed by atoms with Crippen LogP contribution in [0.5, 0.6) is 11.5 Å². The lowest BCUT2D eigenvalue weighted by Gasteiger charge is -2.26. The van der Waals surface area contributed by atoms with Crippen LogP contribution in [0, 0.1) is 5.82 Å². The van der Waals surface area contributed by atoms with Crippen LogP contribution in [-0.4, -0.2) is 49.5 Å². The van der Waals surface area contributed by atoms with E-state index in [0.717, 1.165) is 5.56 Å². The number of thioether (sulfide) groups is 1. The summed E-state index contributed by atoms with van der Waals surface area (Å²) in [6.07, 6.45) is -0.397. The number of carbonyl (C=O) groups excluding carboxylic acids is 3. The van der Waals surface area contributed by atoms with Crippen molar-refractivity contribution in [2.75, 3.05) is 25.5 Å². The summed E-state index contributed by atoms with van der Waals surface area (Å²) in [4.78, 5) is 35.3. The summed E-state index contributed by atoms with van der Waals surface area (Å²) in [7, 11) is 0. The number of benzene rings is 2. The van der Waals surface area contributed by atoms with Gasteiger partial charge in [0.25, 0.3) is 5.91 Å². The molecule has 0 spiro atoms. The molecule has 2 N–H and O–H groups in total. The van der Waals surface area contributed by atoms with E-state index < -0.39 is 30.6 Å². The maximum Gasteiger partial charge on any atom is 0.321 e. The third-order valence-corrected chi connectivity index (χ3v) is 5.05. The van der Waals surface area contributed by atoms with Crippen LogP contribution in [0.3, 0.4) is 0 Å². The Balaban J connectivity index is 1.27. The molecule has 0 aliphatic carbocycles. The lowest BCUT2D eigenvalue weighted by Crippen LogP contribution is -2.46. The second kappa shape index (κ2) is 11.2. The number of nitrogens with one attached hydrogen (secondary N) is 2. The van der Waals surface area contributed by atoms with Crippen molar-refractivity contribution in [2.24, 2.45) is 0 Å². The first-order valence-corrected chi connectivity index (χ1v) is 10.6. The van der Waals surface area contributed by atoms with Gasteiger partial charge in [-0.3, -0.25) is 14.9 Å². The minimum Gasteiger partial charge on any atom is -0.486 e. The van der Waals surface area contributed by atoms with Crippen molar-refractivity contribution in [1.29, 1.82) is 0 Å². The molecule has 0 bridgehead atoms. The van der Waals surface area contributed by atoms with E-state index in [2.05, 4.69) is 10.6 Å². The molecule has 1 unspecified atom stereocenters. The van der Waals surface area contributed by atoms with Crippen LogP contribution in [0.15, 0.2) is 48.5 Å². The van der Waals surface area contributed by atoms with Gasteiger partial charge in [-0.05, 0) is 29.8 Å². The van der Waals surface area contributed by atoms with Gasteiger partial charge in [0.1, 0.15) is 12.4 Å². The fraction of sp³-hybridized carbons (Fsp3) is 0.286. The van der Waals surface area contributed by atoms with Crippen molar-refractivity contribution in [3.05, 3.63) is 59.9 Å². The van der Waals surface area contributed by atoms with Gasteiger partial charge in [-0.2, -0.15) is 0 Å². The van der Waals surface area contributed by atoms with Crippen LogP contribution >= 0.6 is 11.8 Å². The molecule has 0 radical (unpaired) electrons. The number of urea groups is 1. The van der Waals surface area contributed by atoms with E-state index in [9.17, 15) is 18.8 Å². The Morgan fingerprint density at radius 3 is 2.61 bits per heavy atom. The number of fused-ring (bicyclic) bond motifs is 1. The molecular weight excluding hydrogens is 427 g/mol. The predicted molar refractivity (Wildman–Crippen MR) is 111 cm³/mol. The summed E-state index contributed by atoms with van der Waals surface area (Å²) in [6.45, 7) is -0.175. The van der Waals surface area contributed by atoms with E-state index in [4.69, 9.17) is 14.2 Å². The van der Waals surface area contributed by atoms with Crippen LogP contribution in [0.1, 0.15) is 5.56 Å². The molecule has 8 nitrogen and oxygen atoms in total.